The molecule has 0 radical (unpaired) electrons. The number of methoxy groups -OCH3 is 1. The first-order valence-electron chi connectivity index (χ1n) is 9.28. The van der Waals surface area contributed by atoms with Gasteiger partial charge in [-0.3, -0.25) is 9.13 Å². The van der Waals surface area contributed by atoms with Crippen LogP contribution in [-0.4, -0.2) is 22.9 Å². The molecule has 0 saturated heterocycles. The number of fused-ring (bicyclic) bond motifs is 1. The lowest BCUT2D eigenvalue weighted by atomic mass is 10.2. The Morgan fingerprint density at radius 1 is 0.926 bits per heavy atom. The number of hydrogen-bond acceptors (Lipinski definition) is 4. The topological polar surface area (TPSA) is 57.4 Å². The van der Waals surface area contributed by atoms with Crippen LogP contribution < -0.4 is 20.5 Å². The number of aromatic nitrogens is 2. The SMILES string of the molecule is CCCCCOc1ccc(Nc2ccc3c(c2)n(C)c(=O)n3C)cc1OC. The molecule has 0 aliphatic heterocycles. The molecule has 0 aliphatic carbocycles. The molecule has 0 aliphatic rings. The highest BCUT2D eigenvalue weighted by atomic mass is 16.5. The van der Waals surface area contributed by atoms with E-state index in [4.69, 9.17) is 9.47 Å². The van der Waals surface area contributed by atoms with Crippen LogP contribution in [-0.2, 0) is 14.1 Å². The lowest BCUT2D eigenvalue weighted by Crippen LogP contribution is -2.19. The molecule has 0 unspecified atom stereocenters. The lowest BCUT2D eigenvalue weighted by Gasteiger charge is -2.13. The van der Waals surface area contributed by atoms with Gasteiger partial charge in [0, 0.05) is 31.5 Å². The molecule has 1 N–H and O–H groups in total. The second-order valence-electron chi connectivity index (χ2n) is 6.65. The molecular weight excluding hydrogens is 342 g/mol. The monoisotopic (exact) mass is 369 g/mol. The Hall–Kier alpha value is -2.89. The van der Waals surface area contributed by atoms with Crippen LogP contribution in [0.3, 0.4) is 0 Å². The van der Waals surface area contributed by atoms with Gasteiger partial charge in [0.05, 0.1) is 24.8 Å². The van der Waals surface area contributed by atoms with Crippen LogP contribution in [0.1, 0.15) is 26.2 Å². The molecular formula is C21H27N3O3. The van der Waals surface area contributed by atoms with E-state index in [2.05, 4.69) is 12.2 Å². The average molecular weight is 369 g/mol. The van der Waals surface area contributed by atoms with E-state index in [1.807, 2.05) is 36.4 Å². The summed E-state index contributed by atoms with van der Waals surface area (Å²) in [5.41, 5.74) is 3.56. The minimum absolute atomic E-state index is 0.0339. The molecule has 144 valence electrons. The Morgan fingerprint density at radius 2 is 1.63 bits per heavy atom. The second kappa shape index (κ2) is 8.20. The number of ether oxygens (including phenoxy) is 2. The van der Waals surface area contributed by atoms with Crippen LogP contribution in [0.15, 0.2) is 41.2 Å². The van der Waals surface area contributed by atoms with Crippen LogP contribution in [0, 0.1) is 0 Å². The number of anilines is 2. The lowest BCUT2D eigenvalue weighted by molar-refractivity contribution is 0.286. The molecule has 3 aromatic rings. The zero-order chi connectivity index (χ0) is 19.4. The highest BCUT2D eigenvalue weighted by Crippen LogP contribution is 2.32. The number of imidazole rings is 1. The third-order valence-corrected chi connectivity index (χ3v) is 4.73. The molecule has 6 heteroatoms. The third kappa shape index (κ3) is 3.94. The molecule has 1 aromatic heterocycles. The van der Waals surface area contributed by atoms with E-state index in [1.165, 1.54) is 6.42 Å². The van der Waals surface area contributed by atoms with Crippen molar-refractivity contribution in [2.24, 2.45) is 14.1 Å². The standard InChI is InChI=1S/C21H27N3O3/c1-5-6-7-12-27-19-11-9-16(14-20(19)26-4)22-15-8-10-17-18(13-15)24(3)21(25)23(17)2/h8-11,13-14,22H,5-7,12H2,1-4H3. The smallest absolute Gasteiger partial charge is 0.328 e. The van der Waals surface area contributed by atoms with Gasteiger partial charge in [0.25, 0.3) is 0 Å². The van der Waals surface area contributed by atoms with E-state index < -0.39 is 0 Å². The van der Waals surface area contributed by atoms with Crippen molar-refractivity contribution in [2.45, 2.75) is 26.2 Å². The van der Waals surface area contributed by atoms with Crippen LogP contribution >= 0.6 is 0 Å². The number of hydrogen-bond donors (Lipinski definition) is 1. The molecule has 0 fully saturated rings. The maximum absolute atomic E-state index is 12.1. The fraction of sp³-hybridized carbons (Fsp3) is 0.381. The Bertz CT molecular complexity index is 988. The van der Waals surface area contributed by atoms with Gasteiger partial charge in [-0.1, -0.05) is 19.8 Å². The third-order valence-electron chi connectivity index (χ3n) is 4.73. The summed E-state index contributed by atoms with van der Waals surface area (Å²) in [6.07, 6.45) is 3.36. The fourth-order valence-electron chi connectivity index (χ4n) is 3.15. The van der Waals surface area contributed by atoms with Crippen molar-refractivity contribution >= 4 is 22.4 Å². The Kier molecular flexibility index (Phi) is 5.74. The van der Waals surface area contributed by atoms with Crippen molar-refractivity contribution in [1.29, 1.82) is 0 Å². The predicted octanol–water partition coefficient (Wildman–Crippen LogP) is 4.20. The zero-order valence-corrected chi connectivity index (χ0v) is 16.4. The molecule has 6 nitrogen and oxygen atoms in total. The molecule has 2 aromatic carbocycles. The first-order chi connectivity index (χ1) is 13.0. The first-order valence-corrected chi connectivity index (χ1v) is 9.28. The minimum Gasteiger partial charge on any atom is -0.493 e. The van der Waals surface area contributed by atoms with Gasteiger partial charge < -0.3 is 14.8 Å². The summed E-state index contributed by atoms with van der Waals surface area (Å²) < 4.78 is 14.6. The summed E-state index contributed by atoms with van der Waals surface area (Å²) in [6.45, 7) is 2.86. The van der Waals surface area contributed by atoms with Crippen molar-refractivity contribution in [3.63, 3.8) is 0 Å². The van der Waals surface area contributed by atoms with Gasteiger partial charge in [-0.05, 0) is 36.8 Å². The van der Waals surface area contributed by atoms with E-state index in [-0.39, 0.29) is 5.69 Å². The van der Waals surface area contributed by atoms with Crippen LogP contribution in [0.2, 0.25) is 0 Å². The van der Waals surface area contributed by atoms with E-state index in [0.29, 0.717) is 12.4 Å². The second-order valence-corrected chi connectivity index (χ2v) is 6.65. The first kappa shape index (κ1) is 18.9. The van der Waals surface area contributed by atoms with Crippen LogP contribution in [0.5, 0.6) is 11.5 Å². The highest BCUT2D eigenvalue weighted by molar-refractivity contribution is 5.81. The largest absolute Gasteiger partial charge is 0.493 e. The van der Waals surface area contributed by atoms with Gasteiger partial charge in [-0.2, -0.15) is 0 Å². The molecule has 0 saturated carbocycles. The number of benzene rings is 2. The van der Waals surface area contributed by atoms with Gasteiger partial charge in [0.15, 0.2) is 11.5 Å². The van der Waals surface area contributed by atoms with Crippen molar-refractivity contribution in [1.82, 2.24) is 9.13 Å². The summed E-state index contributed by atoms with van der Waals surface area (Å²) in [5, 5.41) is 3.37. The number of unbranched alkanes of at least 4 members (excludes halogenated alkanes) is 2. The van der Waals surface area contributed by atoms with Crippen molar-refractivity contribution in [3.8, 4) is 11.5 Å². The molecule has 0 atom stereocenters. The summed E-state index contributed by atoms with van der Waals surface area (Å²) in [4.78, 5) is 12.1. The predicted molar refractivity (Wildman–Crippen MR) is 109 cm³/mol. The summed E-state index contributed by atoms with van der Waals surface area (Å²) in [7, 11) is 5.20. The van der Waals surface area contributed by atoms with Crippen molar-refractivity contribution in [2.75, 3.05) is 19.0 Å². The van der Waals surface area contributed by atoms with Gasteiger partial charge in [-0.15, -0.1) is 0 Å². The molecule has 0 bridgehead atoms. The van der Waals surface area contributed by atoms with Gasteiger partial charge >= 0.3 is 5.69 Å². The minimum atomic E-state index is -0.0339. The fourth-order valence-corrected chi connectivity index (χ4v) is 3.15. The summed E-state index contributed by atoms with van der Waals surface area (Å²) in [6, 6.07) is 11.7. The molecule has 0 amide bonds. The van der Waals surface area contributed by atoms with E-state index in [9.17, 15) is 4.79 Å². The number of aryl methyl sites for hydroxylation is 2. The normalized spacial score (nSPS) is 11.0. The highest BCUT2D eigenvalue weighted by Gasteiger charge is 2.10. The van der Waals surface area contributed by atoms with E-state index in [1.54, 1.807) is 30.3 Å². The summed E-state index contributed by atoms with van der Waals surface area (Å²) >= 11 is 0. The Morgan fingerprint density at radius 3 is 2.37 bits per heavy atom. The maximum atomic E-state index is 12.1. The van der Waals surface area contributed by atoms with Crippen LogP contribution in [0.25, 0.3) is 11.0 Å². The summed E-state index contributed by atoms with van der Waals surface area (Å²) in [5.74, 6) is 1.45. The maximum Gasteiger partial charge on any atom is 0.328 e. The van der Waals surface area contributed by atoms with Crippen LogP contribution in [0.4, 0.5) is 11.4 Å². The molecule has 3 rings (SSSR count). The average Bonchev–Trinajstić information content (AvgIpc) is 2.90. The molecule has 1 heterocycles. The number of rotatable bonds is 8. The Labute approximate surface area is 159 Å². The Balaban J connectivity index is 1.80. The number of nitrogens with one attached hydrogen (secondary N) is 1. The van der Waals surface area contributed by atoms with Gasteiger partial charge in [-0.25, -0.2) is 4.79 Å². The molecule has 0 spiro atoms. The van der Waals surface area contributed by atoms with Gasteiger partial charge in [0.1, 0.15) is 0 Å². The molecule has 27 heavy (non-hydrogen) atoms. The van der Waals surface area contributed by atoms with E-state index in [0.717, 1.165) is 41.0 Å². The van der Waals surface area contributed by atoms with Crippen molar-refractivity contribution < 1.29 is 9.47 Å². The van der Waals surface area contributed by atoms with Gasteiger partial charge in [0.2, 0.25) is 0 Å². The number of nitrogens with zero attached hydrogens (tertiary/aromatic N) is 2. The van der Waals surface area contributed by atoms with Crippen molar-refractivity contribution in [3.05, 3.63) is 46.9 Å². The zero-order valence-electron chi connectivity index (χ0n) is 16.4. The van der Waals surface area contributed by atoms with E-state index >= 15 is 0 Å². The quantitative estimate of drug-likeness (QED) is 0.605.